The van der Waals surface area contributed by atoms with Crippen LogP contribution in [0.1, 0.15) is 10.4 Å². The molecule has 10 heteroatoms. The maximum atomic E-state index is 13.6. The molecular formula is C13H9BClFN2O5. The van der Waals surface area contributed by atoms with Gasteiger partial charge in [0.2, 0.25) is 0 Å². The zero-order valence-corrected chi connectivity index (χ0v) is 12.1. The third-order valence-electron chi connectivity index (χ3n) is 2.95. The average Bonchev–Trinajstić information content (AvgIpc) is 2.48. The summed E-state index contributed by atoms with van der Waals surface area (Å²) in [7, 11) is -1.80. The maximum absolute atomic E-state index is 13.6. The first kappa shape index (κ1) is 16.9. The molecule has 0 bridgehead atoms. The Bertz CT molecular complexity index is 787. The number of halogens is 2. The molecule has 0 aromatic heterocycles. The second-order valence-electron chi connectivity index (χ2n) is 4.49. The highest BCUT2D eigenvalue weighted by Crippen LogP contribution is 2.22. The van der Waals surface area contributed by atoms with Crippen LogP contribution in [0.4, 0.5) is 15.8 Å². The smallest absolute Gasteiger partial charge is 0.423 e. The number of non-ortho nitro benzene ring substituents is 1. The standard InChI is InChI=1S/C13H9BClFN2O5/c15-10-5-7(1-3-9(10)14(20)21)13(19)17-12-6-8(18(22)23)2-4-11(12)16/h1-6,20-21H,(H,17,19). The van der Waals surface area contributed by atoms with Crippen molar-refractivity contribution in [3.8, 4) is 0 Å². The molecule has 0 aliphatic rings. The van der Waals surface area contributed by atoms with Crippen LogP contribution in [0.15, 0.2) is 36.4 Å². The van der Waals surface area contributed by atoms with Crippen LogP contribution in [0.3, 0.4) is 0 Å². The number of nitrogens with one attached hydrogen (secondary N) is 1. The number of carbonyl (C=O) groups is 1. The van der Waals surface area contributed by atoms with E-state index in [-0.39, 0.29) is 27.4 Å². The van der Waals surface area contributed by atoms with Crippen molar-refractivity contribution in [2.24, 2.45) is 0 Å². The molecule has 7 nitrogen and oxygen atoms in total. The van der Waals surface area contributed by atoms with Gasteiger partial charge in [-0.05, 0) is 18.2 Å². The van der Waals surface area contributed by atoms with Gasteiger partial charge < -0.3 is 15.4 Å². The van der Waals surface area contributed by atoms with Crippen molar-refractivity contribution in [1.29, 1.82) is 0 Å². The van der Waals surface area contributed by atoms with Gasteiger partial charge in [-0.3, -0.25) is 14.9 Å². The Hall–Kier alpha value is -2.49. The largest absolute Gasteiger partial charge is 0.489 e. The third kappa shape index (κ3) is 3.83. The van der Waals surface area contributed by atoms with Crippen molar-refractivity contribution in [2.45, 2.75) is 0 Å². The van der Waals surface area contributed by atoms with Gasteiger partial charge >= 0.3 is 7.12 Å². The summed E-state index contributed by atoms with van der Waals surface area (Å²) in [5, 5.41) is 30.9. The molecule has 118 valence electrons. The average molecular weight is 338 g/mol. The van der Waals surface area contributed by atoms with E-state index in [0.717, 1.165) is 18.2 Å². The molecule has 0 radical (unpaired) electrons. The molecule has 0 saturated heterocycles. The van der Waals surface area contributed by atoms with Gasteiger partial charge in [0.05, 0.1) is 10.6 Å². The summed E-state index contributed by atoms with van der Waals surface area (Å²) in [5.74, 6) is -1.59. The number of nitro benzene ring substituents is 1. The fourth-order valence-electron chi connectivity index (χ4n) is 1.79. The summed E-state index contributed by atoms with van der Waals surface area (Å²) < 4.78 is 13.6. The van der Waals surface area contributed by atoms with Gasteiger partial charge in [-0.2, -0.15) is 0 Å². The van der Waals surface area contributed by atoms with E-state index in [1.54, 1.807) is 0 Å². The zero-order chi connectivity index (χ0) is 17.1. The Morgan fingerprint density at radius 2 is 1.96 bits per heavy atom. The van der Waals surface area contributed by atoms with E-state index < -0.39 is 23.8 Å². The van der Waals surface area contributed by atoms with Crippen molar-refractivity contribution >= 4 is 41.5 Å². The normalized spacial score (nSPS) is 10.3. The summed E-state index contributed by atoms with van der Waals surface area (Å²) in [6.07, 6.45) is 0. The number of hydrogen-bond acceptors (Lipinski definition) is 5. The lowest BCUT2D eigenvalue weighted by atomic mass is 9.80. The van der Waals surface area contributed by atoms with E-state index >= 15 is 0 Å². The highest BCUT2D eigenvalue weighted by atomic mass is 35.5. The Labute approximate surface area is 134 Å². The van der Waals surface area contributed by atoms with Gasteiger partial charge in [0.1, 0.15) is 5.82 Å². The topological polar surface area (TPSA) is 113 Å². The van der Waals surface area contributed by atoms with Crippen LogP contribution in [-0.2, 0) is 0 Å². The first-order chi connectivity index (χ1) is 10.8. The van der Waals surface area contributed by atoms with Gasteiger partial charge in [0.25, 0.3) is 11.6 Å². The molecule has 0 aliphatic heterocycles. The van der Waals surface area contributed by atoms with E-state index in [4.69, 9.17) is 21.6 Å². The fourth-order valence-corrected chi connectivity index (χ4v) is 2.07. The SMILES string of the molecule is O=C(Nc1cc([N+](=O)[O-])ccc1F)c1ccc(B(O)O)c(Cl)c1. The van der Waals surface area contributed by atoms with Gasteiger partial charge in [0, 0.05) is 28.2 Å². The van der Waals surface area contributed by atoms with Gasteiger partial charge in [-0.1, -0.05) is 17.7 Å². The number of benzene rings is 2. The van der Waals surface area contributed by atoms with Gasteiger partial charge in [-0.25, -0.2) is 4.39 Å². The minimum absolute atomic E-state index is 0.00439. The molecule has 0 aliphatic carbocycles. The lowest BCUT2D eigenvalue weighted by molar-refractivity contribution is -0.384. The number of carbonyl (C=O) groups excluding carboxylic acids is 1. The van der Waals surface area contributed by atoms with Crippen molar-refractivity contribution in [3.63, 3.8) is 0 Å². The Balaban J connectivity index is 2.27. The first-order valence-corrected chi connectivity index (χ1v) is 6.58. The number of rotatable bonds is 4. The van der Waals surface area contributed by atoms with Crippen LogP contribution in [0.5, 0.6) is 0 Å². The molecule has 0 atom stereocenters. The van der Waals surface area contributed by atoms with Gasteiger partial charge in [0.15, 0.2) is 0 Å². The van der Waals surface area contributed by atoms with Crippen molar-refractivity contribution in [3.05, 3.63) is 62.9 Å². The lowest BCUT2D eigenvalue weighted by Gasteiger charge is -2.08. The van der Waals surface area contributed by atoms with Crippen molar-refractivity contribution in [1.82, 2.24) is 0 Å². The molecule has 2 aromatic carbocycles. The van der Waals surface area contributed by atoms with E-state index in [9.17, 15) is 19.3 Å². The predicted molar refractivity (Wildman–Crippen MR) is 82.3 cm³/mol. The van der Waals surface area contributed by atoms with E-state index in [2.05, 4.69) is 5.32 Å². The minimum Gasteiger partial charge on any atom is -0.423 e. The van der Waals surface area contributed by atoms with Crippen molar-refractivity contribution in [2.75, 3.05) is 5.32 Å². The molecular weight excluding hydrogens is 329 g/mol. The minimum atomic E-state index is -1.80. The number of amides is 1. The van der Waals surface area contributed by atoms with Crippen LogP contribution in [-0.4, -0.2) is 28.0 Å². The number of hydrogen-bond donors (Lipinski definition) is 3. The fraction of sp³-hybridized carbons (Fsp3) is 0. The maximum Gasteiger partial charge on any atom is 0.489 e. The third-order valence-corrected chi connectivity index (χ3v) is 3.28. The van der Waals surface area contributed by atoms with Crippen LogP contribution in [0.2, 0.25) is 5.02 Å². The highest BCUT2D eigenvalue weighted by molar-refractivity contribution is 6.62. The number of nitrogens with zero attached hydrogens (tertiary/aromatic N) is 1. The monoisotopic (exact) mass is 338 g/mol. The molecule has 0 spiro atoms. The first-order valence-electron chi connectivity index (χ1n) is 6.20. The van der Waals surface area contributed by atoms with Crippen LogP contribution in [0.25, 0.3) is 0 Å². The second kappa shape index (κ2) is 6.74. The zero-order valence-electron chi connectivity index (χ0n) is 11.4. The Morgan fingerprint density at radius 3 is 2.52 bits per heavy atom. The summed E-state index contributed by atoms with van der Waals surface area (Å²) in [5.41, 5.74) is -0.708. The predicted octanol–water partition coefficient (Wildman–Crippen LogP) is 1.32. The molecule has 3 N–H and O–H groups in total. The Kier molecular flexibility index (Phi) is 4.94. The molecule has 0 unspecified atom stereocenters. The van der Waals surface area contributed by atoms with E-state index in [1.807, 2.05) is 0 Å². The molecule has 0 fully saturated rings. The summed E-state index contributed by atoms with van der Waals surface area (Å²) in [6, 6.07) is 6.38. The molecule has 2 aromatic rings. The van der Waals surface area contributed by atoms with Crippen molar-refractivity contribution < 1.29 is 24.2 Å². The molecule has 2 rings (SSSR count). The second-order valence-corrected chi connectivity index (χ2v) is 4.89. The van der Waals surface area contributed by atoms with Crippen LogP contribution >= 0.6 is 11.6 Å². The number of anilines is 1. The van der Waals surface area contributed by atoms with E-state index in [0.29, 0.717) is 0 Å². The summed E-state index contributed by atoms with van der Waals surface area (Å²) in [6.45, 7) is 0. The highest BCUT2D eigenvalue weighted by Gasteiger charge is 2.18. The van der Waals surface area contributed by atoms with Gasteiger partial charge in [-0.15, -0.1) is 0 Å². The number of nitro groups is 1. The summed E-state index contributed by atoms with van der Waals surface area (Å²) >= 11 is 5.81. The van der Waals surface area contributed by atoms with Crippen LogP contribution < -0.4 is 10.8 Å². The lowest BCUT2D eigenvalue weighted by Crippen LogP contribution is -2.31. The van der Waals surface area contributed by atoms with E-state index in [1.165, 1.54) is 18.2 Å². The molecule has 23 heavy (non-hydrogen) atoms. The molecule has 0 saturated carbocycles. The Morgan fingerprint density at radius 1 is 1.26 bits per heavy atom. The molecule has 1 amide bonds. The molecule has 0 heterocycles. The summed E-state index contributed by atoms with van der Waals surface area (Å²) in [4.78, 5) is 22.0. The van der Waals surface area contributed by atoms with Crippen LogP contribution in [0, 0.1) is 15.9 Å². The quantitative estimate of drug-likeness (QED) is 0.442.